The molecule has 0 spiro atoms. The van der Waals surface area contributed by atoms with Gasteiger partial charge in [-0.2, -0.15) is 0 Å². The molecule has 1 fully saturated rings. The summed E-state index contributed by atoms with van der Waals surface area (Å²) >= 11 is 0. The molecule has 0 saturated carbocycles. The van der Waals surface area contributed by atoms with Crippen LogP contribution in [0.3, 0.4) is 0 Å². The van der Waals surface area contributed by atoms with Crippen molar-refractivity contribution in [2.75, 3.05) is 93.1 Å². The molecular weight excluding hydrogens is 260 g/mol. The molecule has 0 aliphatic carbocycles. The van der Waals surface area contributed by atoms with Gasteiger partial charge in [0.15, 0.2) is 0 Å². The molecule has 0 unspecified atom stereocenters. The Balaban J connectivity index is 2.26. The second kappa shape index (κ2) is 12.5. The molecule has 20 heavy (non-hydrogen) atoms. The van der Waals surface area contributed by atoms with Gasteiger partial charge < -0.3 is 18.9 Å². The van der Waals surface area contributed by atoms with Crippen LogP contribution in [0.4, 0.5) is 0 Å². The van der Waals surface area contributed by atoms with Gasteiger partial charge in [0.1, 0.15) is 0 Å². The van der Waals surface area contributed by atoms with Crippen LogP contribution in [0.15, 0.2) is 0 Å². The summed E-state index contributed by atoms with van der Waals surface area (Å²) in [7, 11) is 3.47. The Labute approximate surface area is 122 Å². The van der Waals surface area contributed by atoms with Gasteiger partial charge in [0.25, 0.3) is 0 Å². The zero-order chi connectivity index (χ0) is 14.5. The number of ether oxygens (including phenoxy) is 4. The first-order valence-corrected chi connectivity index (χ1v) is 7.45. The Bertz CT molecular complexity index is 185. The highest BCUT2D eigenvalue weighted by Crippen LogP contribution is 1.95. The topological polar surface area (TPSA) is 43.4 Å². The van der Waals surface area contributed by atoms with Gasteiger partial charge >= 0.3 is 0 Å². The number of hydrogen-bond donors (Lipinski definition) is 0. The lowest BCUT2D eigenvalue weighted by Crippen LogP contribution is -2.38. The predicted octanol–water partition coefficient (Wildman–Crippen LogP) is -0.0700. The molecule has 6 heteroatoms. The fourth-order valence-electron chi connectivity index (χ4n) is 2.09. The first-order chi connectivity index (χ1) is 9.86. The van der Waals surface area contributed by atoms with E-state index in [0.717, 1.165) is 78.9 Å². The van der Waals surface area contributed by atoms with Crippen molar-refractivity contribution in [2.24, 2.45) is 0 Å². The van der Waals surface area contributed by atoms with Crippen molar-refractivity contribution in [1.82, 2.24) is 9.80 Å². The van der Waals surface area contributed by atoms with Crippen molar-refractivity contribution in [3.8, 4) is 0 Å². The van der Waals surface area contributed by atoms with Crippen molar-refractivity contribution >= 4 is 0 Å². The first-order valence-electron chi connectivity index (χ1n) is 7.45. The summed E-state index contributed by atoms with van der Waals surface area (Å²) in [5.74, 6) is 0. The maximum Gasteiger partial charge on any atom is 0.0594 e. The highest BCUT2D eigenvalue weighted by Gasteiger charge is 2.09. The third-order valence-corrected chi connectivity index (χ3v) is 3.43. The molecule has 0 atom stereocenters. The van der Waals surface area contributed by atoms with Gasteiger partial charge in [-0.05, 0) is 0 Å². The van der Waals surface area contributed by atoms with Crippen molar-refractivity contribution in [3.63, 3.8) is 0 Å². The molecule has 0 radical (unpaired) electrons. The summed E-state index contributed by atoms with van der Waals surface area (Å²) in [4.78, 5) is 4.65. The van der Waals surface area contributed by atoms with Crippen molar-refractivity contribution < 1.29 is 18.9 Å². The zero-order valence-electron chi connectivity index (χ0n) is 13.0. The molecular formula is C14H30N2O4. The van der Waals surface area contributed by atoms with E-state index in [2.05, 4.69) is 9.80 Å². The summed E-state index contributed by atoms with van der Waals surface area (Å²) in [6.07, 6.45) is 0. The molecule has 6 nitrogen and oxygen atoms in total. The molecule has 0 N–H and O–H groups in total. The minimum atomic E-state index is 0.755. The van der Waals surface area contributed by atoms with E-state index in [-0.39, 0.29) is 0 Å². The van der Waals surface area contributed by atoms with Gasteiger partial charge in [-0.1, -0.05) is 0 Å². The van der Waals surface area contributed by atoms with Crippen LogP contribution in [0.25, 0.3) is 0 Å². The van der Waals surface area contributed by atoms with Crippen LogP contribution in [0.1, 0.15) is 0 Å². The maximum atomic E-state index is 5.72. The van der Waals surface area contributed by atoms with E-state index in [1.807, 2.05) is 0 Å². The molecule has 0 aromatic carbocycles. The average molecular weight is 290 g/mol. The Morgan fingerprint density at radius 1 is 0.700 bits per heavy atom. The highest BCUT2D eigenvalue weighted by atomic mass is 16.5. The predicted molar refractivity (Wildman–Crippen MR) is 78.3 cm³/mol. The Hall–Kier alpha value is -0.240. The van der Waals surface area contributed by atoms with Crippen LogP contribution in [0.5, 0.6) is 0 Å². The molecule has 1 saturated heterocycles. The standard InChI is InChI=1S/C14H30N2O4/c1-17-9-3-15-5-11-19-13-7-16(4-10-18-2)8-14-20-12-6-15/h3-14H2,1-2H3. The smallest absolute Gasteiger partial charge is 0.0594 e. The third-order valence-electron chi connectivity index (χ3n) is 3.43. The van der Waals surface area contributed by atoms with E-state index >= 15 is 0 Å². The van der Waals surface area contributed by atoms with E-state index in [9.17, 15) is 0 Å². The van der Waals surface area contributed by atoms with Crippen molar-refractivity contribution in [2.45, 2.75) is 0 Å². The number of hydrogen-bond acceptors (Lipinski definition) is 6. The molecule has 1 rings (SSSR count). The van der Waals surface area contributed by atoms with Gasteiger partial charge in [-0.25, -0.2) is 0 Å². The Kier molecular flexibility index (Phi) is 11.1. The molecule has 0 aromatic rings. The quantitative estimate of drug-likeness (QED) is 0.682. The van der Waals surface area contributed by atoms with Crippen LogP contribution < -0.4 is 0 Å². The van der Waals surface area contributed by atoms with E-state index in [1.165, 1.54) is 0 Å². The Morgan fingerprint density at radius 2 is 1.05 bits per heavy atom. The lowest BCUT2D eigenvalue weighted by atomic mass is 10.4. The number of nitrogens with zero attached hydrogens (tertiary/aromatic N) is 2. The molecule has 1 aliphatic rings. The molecule has 0 amide bonds. The Morgan fingerprint density at radius 3 is 1.35 bits per heavy atom. The van der Waals surface area contributed by atoms with E-state index in [4.69, 9.17) is 18.9 Å². The summed E-state index contributed by atoms with van der Waals surface area (Å²) in [5, 5.41) is 0. The summed E-state index contributed by atoms with van der Waals surface area (Å²) in [6, 6.07) is 0. The van der Waals surface area contributed by atoms with Crippen LogP contribution in [-0.2, 0) is 18.9 Å². The fraction of sp³-hybridized carbons (Fsp3) is 1.00. The lowest BCUT2D eigenvalue weighted by Gasteiger charge is -2.25. The second-order valence-electron chi connectivity index (χ2n) is 4.89. The van der Waals surface area contributed by atoms with Crippen molar-refractivity contribution in [3.05, 3.63) is 0 Å². The first kappa shape index (κ1) is 17.8. The lowest BCUT2D eigenvalue weighted by molar-refractivity contribution is 0.0264. The van der Waals surface area contributed by atoms with Crippen LogP contribution in [0.2, 0.25) is 0 Å². The van der Waals surface area contributed by atoms with E-state index in [0.29, 0.717) is 0 Å². The normalized spacial score (nSPS) is 21.3. The molecule has 1 heterocycles. The molecule has 0 bridgehead atoms. The van der Waals surface area contributed by atoms with E-state index < -0.39 is 0 Å². The van der Waals surface area contributed by atoms with Crippen LogP contribution in [0, 0.1) is 0 Å². The monoisotopic (exact) mass is 290 g/mol. The number of methoxy groups -OCH3 is 2. The third kappa shape index (κ3) is 8.84. The molecule has 0 aromatic heterocycles. The minimum Gasteiger partial charge on any atom is -0.383 e. The summed E-state index contributed by atoms with van der Waals surface area (Å²) in [6.45, 7) is 10.2. The average Bonchev–Trinajstić information content (AvgIpc) is 2.45. The zero-order valence-corrected chi connectivity index (χ0v) is 13.0. The van der Waals surface area contributed by atoms with Gasteiger partial charge in [-0.3, -0.25) is 9.80 Å². The summed E-state index contributed by atoms with van der Waals surface area (Å²) in [5.41, 5.74) is 0. The van der Waals surface area contributed by atoms with Crippen molar-refractivity contribution in [1.29, 1.82) is 0 Å². The fourth-order valence-corrected chi connectivity index (χ4v) is 2.09. The van der Waals surface area contributed by atoms with Crippen LogP contribution >= 0.6 is 0 Å². The maximum absolute atomic E-state index is 5.72. The van der Waals surface area contributed by atoms with Crippen LogP contribution in [-0.4, -0.2) is 103 Å². The molecule has 120 valence electrons. The van der Waals surface area contributed by atoms with Gasteiger partial charge in [0.05, 0.1) is 39.6 Å². The van der Waals surface area contributed by atoms with Gasteiger partial charge in [-0.15, -0.1) is 0 Å². The highest BCUT2D eigenvalue weighted by molar-refractivity contribution is 4.61. The minimum absolute atomic E-state index is 0.755. The van der Waals surface area contributed by atoms with Gasteiger partial charge in [0.2, 0.25) is 0 Å². The largest absolute Gasteiger partial charge is 0.383 e. The van der Waals surface area contributed by atoms with Gasteiger partial charge in [0, 0.05) is 53.5 Å². The number of rotatable bonds is 6. The summed E-state index contributed by atoms with van der Waals surface area (Å²) < 4.78 is 21.7. The van der Waals surface area contributed by atoms with E-state index in [1.54, 1.807) is 14.2 Å². The SMILES string of the molecule is COCCN1CCOCCN(CCOC)CCOCC1. The molecule has 1 aliphatic heterocycles. The second-order valence-corrected chi connectivity index (χ2v) is 4.89.